The maximum atomic E-state index is 4.38. The van der Waals surface area contributed by atoms with Crippen LogP contribution in [0.15, 0.2) is 36.8 Å². The second-order valence-corrected chi connectivity index (χ2v) is 5.21. The minimum Gasteiger partial charge on any atom is -0.316 e. The molecule has 0 aliphatic carbocycles. The summed E-state index contributed by atoms with van der Waals surface area (Å²) in [6.45, 7) is 4.42. The molecule has 1 atom stereocenters. The largest absolute Gasteiger partial charge is 0.316 e. The van der Waals surface area contributed by atoms with Gasteiger partial charge in [-0.2, -0.15) is 0 Å². The van der Waals surface area contributed by atoms with Crippen LogP contribution in [0, 0.1) is 0 Å². The van der Waals surface area contributed by atoms with Gasteiger partial charge in [0.1, 0.15) is 0 Å². The number of aryl methyl sites for hydroxylation is 1. The molecule has 1 aliphatic heterocycles. The quantitative estimate of drug-likeness (QED) is 0.914. The third-order valence-electron chi connectivity index (χ3n) is 4.01. The first-order valence-electron chi connectivity index (χ1n) is 7.21. The van der Waals surface area contributed by atoms with Crippen LogP contribution in [-0.2, 0) is 6.42 Å². The number of hydrogen-bond acceptors (Lipinski definition) is 2. The van der Waals surface area contributed by atoms with Gasteiger partial charge in [-0.25, -0.2) is 4.98 Å². The summed E-state index contributed by atoms with van der Waals surface area (Å²) in [5.74, 6) is 0.584. The van der Waals surface area contributed by atoms with Crippen LogP contribution in [0.25, 0.3) is 5.69 Å². The Hall–Kier alpha value is -1.61. The number of benzene rings is 1. The van der Waals surface area contributed by atoms with Crippen molar-refractivity contribution in [3.8, 4) is 5.69 Å². The lowest BCUT2D eigenvalue weighted by Crippen LogP contribution is -2.29. The van der Waals surface area contributed by atoms with Crippen LogP contribution >= 0.6 is 0 Å². The fraction of sp³-hybridized carbons (Fsp3) is 0.438. The van der Waals surface area contributed by atoms with E-state index < -0.39 is 0 Å². The van der Waals surface area contributed by atoms with E-state index in [0.717, 1.165) is 19.5 Å². The molecule has 1 unspecified atom stereocenters. The van der Waals surface area contributed by atoms with E-state index >= 15 is 0 Å². The summed E-state index contributed by atoms with van der Waals surface area (Å²) in [6, 6.07) is 8.62. The first kappa shape index (κ1) is 12.4. The molecule has 1 N–H and O–H groups in total. The van der Waals surface area contributed by atoms with E-state index in [-0.39, 0.29) is 0 Å². The summed E-state index contributed by atoms with van der Waals surface area (Å²) >= 11 is 0. The molecule has 1 aliphatic rings. The summed E-state index contributed by atoms with van der Waals surface area (Å²) in [5, 5.41) is 3.49. The van der Waals surface area contributed by atoms with Crippen molar-refractivity contribution in [1.82, 2.24) is 14.9 Å². The fourth-order valence-corrected chi connectivity index (χ4v) is 2.96. The van der Waals surface area contributed by atoms with Gasteiger partial charge in [-0.15, -0.1) is 0 Å². The molecule has 100 valence electrons. The van der Waals surface area contributed by atoms with Gasteiger partial charge in [0.25, 0.3) is 0 Å². The third-order valence-corrected chi connectivity index (χ3v) is 4.01. The fourth-order valence-electron chi connectivity index (χ4n) is 2.96. The topological polar surface area (TPSA) is 29.9 Å². The average Bonchev–Trinajstić information content (AvgIpc) is 2.97. The molecule has 1 saturated heterocycles. The maximum Gasteiger partial charge on any atom is 0.0994 e. The Morgan fingerprint density at radius 2 is 2.26 bits per heavy atom. The number of hydrogen-bond donors (Lipinski definition) is 1. The molecule has 0 saturated carbocycles. The molecule has 2 aromatic rings. The highest BCUT2D eigenvalue weighted by Crippen LogP contribution is 2.26. The van der Waals surface area contributed by atoms with E-state index in [1.165, 1.54) is 29.8 Å². The van der Waals surface area contributed by atoms with Crippen molar-refractivity contribution in [2.75, 3.05) is 13.1 Å². The van der Waals surface area contributed by atoms with Gasteiger partial charge < -0.3 is 9.88 Å². The Balaban J connectivity index is 1.99. The second kappa shape index (κ2) is 5.57. The number of aromatic nitrogens is 2. The van der Waals surface area contributed by atoms with Crippen molar-refractivity contribution in [2.45, 2.75) is 32.1 Å². The molecule has 0 amide bonds. The standard InChI is InChI=1S/C16H21N3/c1-2-13-6-3-4-8-15(13)19-12-18-11-16(19)14-7-5-9-17-10-14/h3-4,6,8,11-12,14,17H,2,5,7,9-10H2,1H3. The molecule has 2 heterocycles. The third kappa shape index (κ3) is 2.43. The highest BCUT2D eigenvalue weighted by Gasteiger charge is 2.19. The highest BCUT2D eigenvalue weighted by molar-refractivity contribution is 5.42. The molecular weight excluding hydrogens is 234 g/mol. The summed E-state index contributed by atoms with van der Waals surface area (Å²) in [5.41, 5.74) is 4.00. The van der Waals surface area contributed by atoms with Crippen LogP contribution < -0.4 is 5.32 Å². The zero-order valence-corrected chi connectivity index (χ0v) is 11.5. The molecule has 0 spiro atoms. The Morgan fingerprint density at radius 1 is 1.37 bits per heavy atom. The molecule has 0 radical (unpaired) electrons. The number of nitrogens with zero attached hydrogens (tertiary/aromatic N) is 2. The molecule has 1 aromatic carbocycles. The zero-order chi connectivity index (χ0) is 13.1. The highest BCUT2D eigenvalue weighted by atomic mass is 15.1. The minimum atomic E-state index is 0.584. The van der Waals surface area contributed by atoms with Gasteiger partial charge in [-0.3, -0.25) is 0 Å². The van der Waals surface area contributed by atoms with Crippen molar-refractivity contribution in [3.63, 3.8) is 0 Å². The van der Waals surface area contributed by atoms with E-state index in [1.54, 1.807) is 0 Å². The maximum absolute atomic E-state index is 4.38. The summed E-state index contributed by atoms with van der Waals surface area (Å²) in [4.78, 5) is 4.38. The smallest absolute Gasteiger partial charge is 0.0994 e. The van der Waals surface area contributed by atoms with Crippen LogP contribution in [0.1, 0.15) is 36.9 Å². The predicted octanol–water partition coefficient (Wildman–Crippen LogP) is 2.90. The van der Waals surface area contributed by atoms with Crippen molar-refractivity contribution in [2.24, 2.45) is 0 Å². The Bertz CT molecular complexity index is 538. The number of para-hydroxylation sites is 1. The van der Waals surface area contributed by atoms with Crippen LogP contribution in [0.3, 0.4) is 0 Å². The lowest BCUT2D eigenvalue weighted by atomic mass is 9.96. The van der Waals surface area contributed by atoms with Crippen molar-refractivity contribution in [1.29, 1.82) is 0 Å². The van der Waals surface area contributed by atoms with Crippen molar-refractivity contribution in [3.05, 3.63) is 48.0 Å². The molecule has 1 fully saturated rings. The van der Waals surface area contributed by atoms with E-state index in [4.69, 9.17) is 0 Å². The average molecular weight is 255 g/mol. The van der Waals surface area contributed by atoms with E-state index in [9.17, 15) is 0 Å². The predicted molar refractivity (Wildman–Crippen MR) is 77.8 cm³/mol. The number of imidazole rings is 1. The number of nitrogens with one attached hydrogen (secondary N) is 1. The zero-order valence-electron chi connectivity index (χ0n) is 11.5. The monoisotopic (exact) mass is 255 g/mol. The molecule has 1 aromatic heterocycles. The van der Waals surface area contributed by atoms with Gasteiger partial charge in [0, 0.05) is 30.0 Å². The van der Waals surface area contributed by atoms with Crippen LogP contribution in [0.4, 0.5) is 0 Å². The van der Waals surface area contributed by atoms with E-state index in [2.05, 4.69) is 46.1 Å². The molecule has 3 nitrogen and oxygen atoms in total. The normalized spacial score (nSPS) is 19.5. The van der Waals surface area contributed by atoms with Gasteiger partial charge in [0.05, 0.1) is 6.33 Å². The van der Waals surface area contributed by atoms with Crippen LogP contribution in [-0.4, -0.2) is 22.6 Å². The first-order valence-corrected chi connectivity index (χ1v) is 7.21. The second-order valence-electron chi connectivity index (χ2n) is 5.21. The molecular formula is C16H21N3. The molecule has 0 bridgehead atoms. The lowest BCUT2D eigenvalue weighted by molar-refractivity contribution is 0.451. The summed E-state index contributed by atoms with van der Waals surface area (Å²) in [6.07, 6.45) is 7.55. The first-order chi connectivity index (χ1) is 9.40. The van der Waals surface area contributed by atoms with Gasteiger partial charge in [0.2, 0.25) is 0 Å². The van der Waals surface area contributed by atoms with Gasteiger partial charge in [-0.05, 0) is 37.4 Å². The van der Waals surface area contributed by atoms with Gasteiger partial charge >= 0.3 is 0 Å². The summed E-state index contributed by atoms with van der Waals surface area (Å²) < 4.78 is 2.27. The Kier molecular flexibility index (Phi) is 3.65. The van der Waals surface area contributed by atoms with Crippen molar-refractivity contribution < 1.29 is 0 Å². The van der Waals surface area contributed by atoms with E-state index in [0.29, 0.717) is 5.92 Å². The SMILES string of the molecule is CCc1ccccc1-n1cncc1C1CCCNC1. The van der Waals surface area contributed by atoms with Crippen LogP contribution in [0.5, 0.6) is 0 Å². The molecule has 3 heteroatoms. The molecule has 3 rings (SSSR count). The van der Waals surface area contributed by atoms with Gasteiger partial charge in [-0.1, -0.05) is 25.1 Å². The Labute approximate surface area is 114 Å². The summed E-state index contributed by atoms with van der Waals surface area (Å²) in [7, 11) is 0. The van der Waals surface area contributed by atoms with E-state index in [1.807, 2.05) is 12.5 Å². The van der Waals surface area contributed by atoms with Crippen LogP contribution in [0.2, 0.25) is 0 Å². The number of piperidine rings is 1. The van der Waals surface area contributed by atoms with Crippen molar-refractivity contribution >= 4 is 0 Å². The minimum absolute atomic E-state index is 0.584. The lowest BCUT2D eigenvalue weighted by Gasteiger charge is -2.24. The Morgan fingerprint density at radius 3 is 3.05 bits per heavy atom. The number of rotatable bonds is 3. The van der Waals surface area contributed by atoms with Gasteiger partial charge in [0.15, 0.2) is 0 Å². The molecule has 19 heavy (non-hydrogen) atoms.